The zero-order valence-corrected chi connectivity index (χ0v) is 12.2. The quantitative estimate of drug-likeness (QED) is 0.798. The molecule has 2 rings (SSSR count). The molecule has 1 aliphatic heterocycles. The largest absolute Gasteiger partial charge is 0.487 e. The summed E-state index contributed by atoms with van der Waals surface area (Å²) in [6, 6.07) is 4.05. The van der Waals surface area contributed by atoms with Crippen LogP contribution in [0.3, 0.4) is 0 Å². The molecule has 1 amide bonds. The number of amides is 1. The molecule has 1 aliphatic rings. The zero-order chi connectivity index (χ0) is 15.6. The first-order valence-electron chi connectivity index (χ1n) is 6.20. The third kappa shape index (κ3) is 3.56. The van der Waals surface area contributed by atoms with E-state index in [9.17, 15) is 18.1 Å². The van der Waals surface area contributed by atoms with Gasteiger partial charge in [0.25, 0.3) is 0 Å². The molecule has 114 valence electrons. The third-order valence-corrected chi connectivity index (χ3v) is 4.48. The van der Waals surface area contributed by atoms with Gasteiger partial charge in [-0.05, 0) is 29.8 Å². The van der Waals surface area contributed by atoms with Crippen LogP contribution in [0, 0.1) is 4.91 Å². The normalized spacial score (nSPS) is 19.4. The van der Waals surface area contributed by atoms with E-state index in [0.717, 1.165) is 6.26 Å². The number of nitroso groups, excluding NO2 is 1. The Balaban J connectivity index is 2.18. The molecule has 0 aliphatic carbocycles. The van der Waals surface area contributed by atoms with Crippen LogP contribution in [0.1, 0.15) is 16.8 Å². The molecule has 0 radical (unpaired) electrons. The fraction of sp³-hybridized carbons (Fsp3) is 0.417. The molecule has 21 heavy (non-hydrogen) atoms. The SMILES string of the molecule is CS(=O)(=O)N1CCC(Oc2cc(C(N)=O)ccc2N=O)C1. The predicted molar refractivity (Wildman–Crippen MR) is 75.9 cm³/mol. The summed E-state index contributed by atoms with van der Waals surface area (Å²) in [7, 11) is -3.27. The van der Waals surface area contributed by atoms with E-state index in [2.05, 4.69) is 5.18 Å². The van der Waals surface area contributed by atoms with Crippen LogP contribution in [-0.2, 0) is 10.0 Å². The number of hydrogen-bond acceptors (Lipinski definition) is 6. The lowest BCUT2D eigenvalue weighted by atomic mass is 10.2. The van der Waals surface area contributed by atoms with E-state index in [1.54, 1.807) is 0 Å². The maximum Gasteiger partial charge on any atom is 0.248 e. The van der Waals surface area contributed by atoms with Gasteiger partial charge in [-0.2, -0.15) is 4.31 Å². The molecule has 1 heterocycles. The Morgan fingerprint density at radius 2 is 2.19 bits per heavy atom. The monoisotopic (exact) mass is 313 g/mol. The second-order valence-corrected chi connectivity index (χ2v) is 6.77. The predicted octanol–water partition coefficient (Wildman–Crippen LogP) is 0.596. The van der Waals surface area contributed by atoms with Crippen molar-refractivity contribution in [2.45, 2.75) is 12.5 Å². The molecule has 1 fully saturated rings. The van der Waals surface area contributed by atoms with Crippen molar-refractivity contribution in [2.24, 2.45) is 10.9 Å². The van der Waals surface area contributed by atoms with Crippen molar-refractivity contribution in [3.63, 3.8) is 0 Å². The van der Waals surface area contributed by atoms with E-state index in [-0.39, 0.29) is 23.5 Å². The highest BCUT2D eigenvalue weighted by molar-refractivity contribution is 7.88. The van der Waals surface area contributed by atoms with Crippen LogP contribution in [0.4, 0.5) is 5.69 Å². The van der Waals surface area contributed by atoms with Gasteiger partial charge in [-0.25, -0.2) is 8.42 Å². The first-order valence-corrected chi connectivity index (χ1v) is 8.05. The number of nitrogens with zero attached hydrogens (tertiary/aromatic N) is 2. The van der Waals surface area contributed by atoms with Crippen LogP contribution in [0.15, 0.2) is 23.4 Å². The van der Waals surface area contributed by atoms with Crippen molar-refractivity contribution in [2.75, 3.05) is 19.3 Å². The fourth-order valence-electron chi connectivity index (χ4n) is 2.11. The van der Waals surface area contributed by atoms with E-state index < -0.39 is 22.0 Å². The molecule has 0 aromatic heterocycles. The first kappa shape index (κ1) is 15.4. The van der Waals surface area contributed by atoms with Crippen molar-refractivity contribution in [1.29, 1.82) is 0 Å². The van der Waals surface area contributed by atoms with Crippen LogP contribution in [0.25, 0.3) is 0 Å². The van der Waals surface area contributed by atoms with Gasteiger partial charge in [-0.3, -0.25) is 4.79 Å². The van der Waals surface area contributed by atoms with Gasteiger partial charge >= 0.3 is 0 Å². The Kier molecular flexibility index (Phi) is 4.24. The van der Waals surface area contributed by atoms with Crippen molar-refractivity contribution in [3.8, 4) is 5.75 Å². The summed E-state index contributed by atoms with van der Waals surface area (Å²) in [5.41, 5.74) is 5.40. The van der Waals surface area contributed by atoms with Gasteiger partial charge in [-0.15, -0.1) is 4.91 Å². The van der Waals surface area contributed by atoms with Gasteiger partial charge < -0.3 is 10.5 Å². The van der Waals surface area contributed by atoms with Crippen LogP contribution < -0.4 is 10.5 Å². The fourth-order valence-corrected chi connectivity index (χ4v) is 2.99. The smallest absolute Gasteiger partial charge is 0.248 e. The van der Waals surface area contributed by atoms with Crippen LogP contribution in [-0.4, -0.2) is 44.1 Å². The lowest BCUT2D eigenvalue weighted by molar-refractivity contribution is 0.0999. The summed E-state index contributed by atoms with van der Waals surface area (Å²) in [5, 5.41) is 2.82. The number of hydrogen-bond donors (Lipinski definition) is 1. The van der Waals surface area contributed by atoms with Crippen LogP contribution >= 0.6 is 0 Å². The minimum absolute atomic E-state index is 0.0396. The maximum absolute atomic E-state index is 11.4. The standard InChI is InChI=1S/C12H15N3O5S/c1-21(18,19)15-5-4-9(7-15)20-11-6-8(12(13)16)2-3-10(11)14-17/h2-3,6,9H,4-5,7H2,1H3,(H2,13,16). The maximum atomic E-state index is 11.4. The van der Waals surface area contributed by atoms with Gasteiger partial charge in [0.15, 0.2) is 0 Å². The van der Waals surface area contributed by atoms with Gasteiger partial charge in [0, 0.05) is 12.1 Å². The van der Waals surface area contributed by atoms with Gasteiger partial charge in [0.1, 0.15) is 17.5 Å². The van der Waals surface area contributed by atoms with E-state index in [1.165, 1.54) is 22.5 Å². The Labute approximate surface area is 121 Å². The highest BCUT2D eigenvalue weighted by Crippen LogP contribution is 2.31. The molecule has 1 aromatic rings. The van der Waals surface area contributed by atoms with E-state index in [1.807, 2.05) is 0 Å². The molecule has 1 unspecified atom stereocenters. The van der Waals surface area contributed by atoms with Gasteiger partial charge in [-0.1, -0.05) is 0 Å². The Morgan fingerprint density at radius 1 is 1.48 bits per heavy atom. The molecule has 0 bridgehead atoms. The molecular weight excluding hydrogens is 298 g/mol. The number of sulfonamides is 1. The van der Waals surface area contributed by atoms with Crippen molar-refractivity contribution < 1.29 is 17.9 Å². The highest BCUT2D eigenvalue weighted by Gasteiger charge is 2.30. The second kappa shape index (κ2) is 5.78. The summed E-state index contributed by atoms with van der Waals surface area (Å²) in [4.78, 5) is 21.9. The van der Waals surface area contributed by atoms with Crippen molar-refractivity contribution >= 4 is 21.6 Å². The summed E-state index contributed by atoms with van der Waals surface area (Å²) in [5.74, 6) is -0.525. The molecule has 1 aromatic carbocycles. The molecule has 8 nitrogen and oxygen atoms in total. The molecule has 9 heteroatoms. The van der Waals surface area contributed by atoms with Gasteiger partial charge in [0.2, 0.25) is 15.9 Å². The number of carbonyl (C=O) groups excluding carboxylic acids is 1. The molecule has 2 N–H and O–H groups in total. The molecule has 1 atom stereocenters. The summed E-state index contributed by atoms with van der Waals surface area (Å²) >= 11 is 0. The Bertz CT molecular complexity index is 673. The Hall–Kier alpha value is -2.00. The lowest BCUT2D eigenvalue weighted by Crippen LogP contribution is -2.30. The molecule has 0 saturated carbocycles. The number of carbonyl (C=O) groups is 1. The molecular formula is C12H15N3O5S. The molecule has 0 spiro atoms. The number of nitrogens with two attached hydrogens (primary N) is 1. The zero-order valence-electron chi connectivity index (χ0n) is 11.4. The van der Waals surface area contributed by atoms with E-state index >= 15 is 0 Å². The third-order valence-electron chi connectivity index (χ3n) is 3.21. The first-order chi connectivity index (χ1) is 9.81. The molecule has 1 saturated heterocycles. The average molecular weight is 313 g/mol. The highest BCUT2D eigenvalue weighted by atomic mass is 32.2. The average Bonchev–Trinajstić information content (AvgIpc) is 2.87. The van der Waals surface area contributed by atoms with E-state index in [4.69, 9.17) is 10.5 Å². The second-order valence-electron chi connectivity index (χ2n) is 4.79. The number of primary amides is 1. The minimum Gasteiger partial charge on any atom is -0.487 e. The van der Waals surface area contributed by atoms with Crippen molar-refractivity contribution in [3.05, 3.63) is 28.7 Å². The van der Waals surface area contributed by atoms with Crippen LogP contribution in [0.5, 0.6) is 5.75 Å². The van der Waals surface area contributed by atoms with Crippen molar-refractivity contribution in [1.82, 2.24) is 4.31 Å². The van der Waals surface area contributed by atoms with E-state index in [0.29, 0.717) is 13.0 Å². The number of ether oxygens (including phenoxy) is 1. The Morgan fingerprint density at radius 3 is 2.71 bits per heavy atom. The lowest BCUT2D eigenvalue weighted by Gasteiger charge is -2.16. The minimum atomic E-state index is -3.27. The topological polar surface area (TPSA) is 119 Å². The number of benzene rings is 1. The van der Waals surface area contributed by atoms with Gasteiger partial charge in [0.05, 0.1) is 12.8 Å². The number of rotatable bonds is 5. The summed E-state index contributed by atoms with van der Waals surface area (Å²) in [6.45, 7) is 0.542. The summed E-state index contributed by atoms with van der Waals surface area (Å²) < 4.78 is 29.8. The van der Waals surface area contributed by atoms with Crippen LogP contribution in [0.2, 0.25) is 0 Å². The summed E-state index contributed by atoms with van der Waals surface area (Å²) in [6.07, 6.45) is 1.22.